The summed E-state index contributed by atoms with van der Waals surface area (Å²) in [4.78, 5) is 39.1. The second kappa shape index (κ2) is 10.5. The van der Waals surface area contributed by atoms with Gasteiger partial charge in [-0.25, -0.2) is 4.79 Å². The van der Waals surface area contributed by atoms with Crippen molar-refractivity contribution in [1.82, 2.24) is 10.2 Å². The zero-order valence-electron chi connectivity index (χ0n) is 20.2. The number of carboxylic acids is 1. The van der Waals surface area contributed by atoms with Crippen molar-refractivity contribution < 1.29 is 29.0 Å². The molecule has 2 aromatic carbocycles. The van der Waals surface area contributed by atoms with Gasteiger partial charge in [-0.1, -0.05) is 55.5 Å². The van der Waals surface area contributed by atoms with Crippen molar-refractivity contribution in [1.29, 1.82) is 0 Å². The van der Waals surface area contributed by atoms with E-state index in [2.05, 4.69) is 29.6 Å². The van der Waals surface area contributed by atoms with Gasteiger partial charge in [0, 0.05) is 26.1 Å². The first-order chi connectivity index (χ1) is 16.9. The van der Waals surface area contributed by atoms with Gasteiger partial charge in [0.1, 0.15) is 12.6 Å². The lowest BCUT2D eigenvalue weighted by Crippen LogP contribution is -2.54. The molecule has 1 saturated heterocycles. The van der Waals surface area contributed by atoms with Crippen LogP contribution in [-0.2, 0) is 19.1 Å². The molecule has 2 N–H and O–H groups in total. The van der Waals surface area contributed by atoms with Gasteiger partial charge in [0.2, 0.25) is 5.91 Å². The van der Waals surface area contributed by atoms with E-state index in [4.69, 9.17) is 9.47 Å². The first-order valence-corrected chi connectivity index (χ1v) is 12.0. The average molecular weight is 481 g/mol. The molecular weight excluding hydrogens is 448 g/mol. The van der Waals surface area contributed by atoms with Crippen LogP contribution >= 0.6 is 0 Å². The lowest BCUT2D eigenvalue weighted by Gasteiger charge is -2.39. The number of fused-ring (bicyclic) bond motifs is 3. The summed E-state index contributed by atoms with van der Waals surface area (Å²) in [5.41, 5.74) is 3.56. The van der Waals surface area contributed by atoms with Crippen LogP contribution in [0.3, 0.4) is 0 Å². The maximum absolute atomic E-state index is 13.1. The number of rotatable bonds is 8. The van der Waals surface area contributed by atoms with Gasteiger partial charge in [-0.05, 0) is 41.5 Å². The molecule has 8 nitrogen and oxygen atoms in total. The van der Waals surface area contributed by atoms with Crippen LogP contribution in [0.5, 0.6) is 0 Å². The standard InChI is InChI=1S/C27H32N2O6/c1-3-23(24(30)29-14-12-27(13-15-29,17-34-2)25(31)32)28-26(33)35-16-22-20-10-6-4-8-18(20)19-9-5-7-11-21(19)22/h4-11,22-23H,3,12-17H2,1-2H3,(H,28,33)(H,31,32)/t23-/m1/s1. The zero-order valence-corrected chi connectivity index (χ0v) is 20.2. The molecule has 0 radical (unpaired) electrons. The summed E-state index contributed by atoms with van der Waals surface area (Å²) >= 11 is 0. The van der Waals surface area contributed by atoms with Crippen LogP contribution in [0.2, 0.25) is 0 Å². The fraction of sp³-hybridized carbons (Fsp3) is 0.444. The number of benzene rings is 2. The minimum Gasteiger partial charge on any atom is -0.481 e. The number of carbonyl (C=O) groups excluding carboxylic acids is 2. The normalized spacial score (nSPS) is 17.3. The Bertz CT molecular complexity index is 1050. The van der Waals surface area contributed by atoms with Gasteiger partial charge in [0.05, 0.1) is 12.0 Å². The summed E-state index contributed by atoms with van der Waals surface area (Å²) in [6.45, 7) is 2.71. The Hall–Kier alpha value is -3.39. The fourth-order valence-corrected chi connectivity index (χ4v) is 5.19. The highest BCUT2D eigenvalue weighted by Gasteiger charge is 2.43. The molecule has 1 aliphatic carbocycles. The molecule has 2 amide bonds. The van der Waals surface area contributed by atoms with Crippen LogP contribution < -0.4 is 5.32 Å². The number of carboxylic acid groups (broad SMARTS) is 1. The first kappa shape index (κ1) is 24.7. The van der Waals surface area contributed by atoms with Gasteiger partial charge in [-0.3, -0.25) is 9.59 Å². The van der Waals surface area contributed by atoms with E-state index in [0.717, 1.165) is 22.3 Å². The molecule has 186 valence electrons. The third kappa shape index (κ3) is 4.89. The number of nitrogens with zero attached hydrogens (tertiary/aromatic N) is 1. The van der Waals surface area contributed by atoms with Crippen LogP contribution in [0.1, 0.15) is 43.2 Å². The smallest absolute Gasteiger partial charge is 0.407 e. The Morgan fingerprint density at radius 1 is 1.06 bits per heavy atom. The molecule has 0 spiro atoms. The Morgan fingerprint density at radius 2 is 1.63 bits per heavy atom. The Balaban J connectivity index is 1.35. The summed E-state index contributed by atoms with van der Waals surface area (Å²) in [7, 11) is 1.48. The molecular formula is C27H32N2O6. The third-order valence-electron chi connectivity index (χ3n) is 7.25. The number of hydrogen-bond donors (Lipinski definition) is 2. The SMILES string of the molecule is CC[C@@H](NC(=O)OCC1c2ccccc2-c2ccccc21)C(=O)N1CCC(COC)(C(=O)O)CC1. The molecule has 1 heterocycles. The highest BCUT2D eigenvalue weighted by atomic mass is 16.5. The van der Waals surface area contributed by atoms with E-state index >= 15 is 0 Å². The van der Waals surface area contributed by atoms with Gasteiger partial charge in [-0.2, -0.15) is 0 Å². The lowest BCUT2D eigenvalue weighted by atomic mass is 9.79. The fourth-order valence-electron chi connectivity index (χ4n) is 5.19. The summed E-state index contributed by atoms with van der Waals surface area (Å²) in [6, 6.07) is 15.5. The first-order valence-electron chi connectivity index (χ1n) is 12.0. The predicted octanol–water partition coefficient (Wildman–Crippen LogP) is 3.64. The van der Waals surface area contributed by atoms with Crippen LogP contribution in [0.15, 0.2) is 48.5 Å². The molecule has 8 heteroatoms. The maximum atomic E-state index is 13.1. The van der Waals surface area contributed by atoms with Gasteiger partial charge in [-0.15, -0.1) is 0 Å². The van der Waals surface area contributed by atoms with Crippen molar-refractivity contribution in [3.8, 4) is 11.1 Å². The number of methoxy groups -OCH3 is 1. The molecule has 4 rings (SSSR count). The highest BCUT2D eigenvalue weighted by Crippen LogP contribution is 2.44. The quantitative estimate of drug-likeness (QED) is 0.598. The van der Waals surface area contributed by atoms with Gasteiger partial charge >= 0.3 is 12.1 Å². The number of ether oxygens (including phenoxy) is 2. The van der Waals surface area contributed by atoms with Crippen LogP contribution in [0, 0.1) is 5.41 Å². The molecule has 1 aliphatic heterocycles. The van der Waals surface area contributed by atoms with E-state index in [-0.39, 0.29) is 25.0 Å². The van der Waals surface area contributed by atoms with E-state index in [1.54, 1.807) is 4.90 Å². The van der Waals surface area contributed by atoms with Crippen LogP contribution in [0.25, 0.3) is 11.1 Å². The van der Waals surface area contributed by atoms with Crippen molar-refractivity contribution in [3.05, 3.63) is 59.7 Å². The van der Waals surface area contributed by atoms with Crippen molar-refractivity contribution in [2.45, 2.75) is 38.1 Å². The van der Waals surface area contributed by atoms with Gasteiger partial charge in [0.25, 0.3) is 0 Å². The summed E-state index contributed by atoms with van der Waals surface area (Å²) in [5.74, 6) is -1.19. The molecule has 1 atom stereocenters. The summed E-state index contributed by atoms with van der Waals surface area (Å²) in [5, 5.41) is 12.3. The van der Waals surface area contributed by atoms with E-state index in [1.807, 2.05) is 31.2 Å². The third-order valence-corrected chi connectivity index (χ3v) is 7.25. The monoisotopic (exact) mass is 480 g/mol. The molecule has 0 aromatic heterocycles. The average Bonchev–Trinajstić information content (AvgIpc) is 3.20. The number of aliphatic carboxylic acids is 1. The van der Waals surface area contributed by atoms with E-state index < -0.39 is 23.5 Å². The molecule has 35 heavy (non-hydrogen) atoms. The van der Waals surface area contributed by atoms with Crippen molar-refractivity contribution in [2.75, 3.05) is 33.4 Å². The van der Waals surface area contributed by atoms with E-state index in [9.17, 15) is 19.5 Å². The molecule has 2 aliphatic rings. The van der Waals surface area contributed by atoms with Gasteiger partial charge < -0.3 is 24.8 Å². The minimum atomic E-state index is -0.979. The van der Waals surface area contributed by atoms with Gasteiger partial charge in [0.15, 0.2) is 0 Å². The predicted molar refractivity (Wildman–Crippen MR) is 130 cm³/mol. The van der Waals surface area contributed by atoms with Crippen molar-refractivity contribution >= 4 is 18.0 Å². The van der Waals surface area contributed by atoms with Crippen molar-refractivity contribution in [3.63, 3.8) is 0 Å². The Kier molecular flexibility index (Phi) is 7.40. The maximum Gasteiger partial charge on any atom is 0.407 e. The summed E-state index contributed by atoms with van der Waals surface area (Å²) < 4.78 is 10.7. The minimum absolute atomic E-state index is 0.0593. The zero-order chi connectivity index (χ0) is 25.0. The number of alkyl carbamates (subject to hydrolysis) is 1. The summed E-state index contributed by atoms with van der Waals surface area (Å²) in [6.07, 6.45) is 0.386. The number of carbonyl (C=O) groups is 3. The second-order valence-corrected chi connectivity index (χ2v) is 9.27. The van der Waals surface area contributed by atoms with E-state index in [1.165, 1.54) is 7.11 Å². The highest BCUT2D eigenvalue weighted by molar-refractivity contribution is 5.86. The molecule has 0 bridgehead atoms. The van der Waals surface area contributed by atoms with Crippen LogP contribution in [-0.4, -0.2) is 67.4 Å². The second-order valence-electron chi connectivity index (χ2n) is 9.27. The number of hydrogen-bond acceptors (Lipinski definition) is 5. The topological polar surface area (TPSA) is 105 Å². The lowest BCUT2D eigenvalue weighted by molar-refractivity contribution is -0.158. The molecule has 0 saturated carbocycles. The molecule has 1 fully saturated rings. The molecule has 0 unspecified atom stereocenters. The Morgan fingerprint density at radius 3 is 2.14 bits per heavy atom. The number of nitrogens with one attached hydrogen (secondary N) is 1. The van der Waals surface area contributed by atoms with E-state index in [0.29, 0.717) is 32.4 Å². The number of amides is 2. The Labute approximate surface area is 205 Å². The largest absolute Gasteiger partial charge is 0.481 e. The molecule has 2 aromatic rings. The van der Waals surface area contributed by atoms with Crippen LogP contribution in [0.4, 0.5) is 4.79 Å². The van der Waals surface area contributed by atoms with Crippen molar-refractivity contribution in [2.24, 2.45) is 5.41 Å². The number of piperidine rings is 1. The number of likely N-dealkylation sites (tertiary alicyclic amines) is 1.